The lowest BCUT2D eigenvalue weighted by atomic mass is 9.98. The summed E-state index contributed by atoms with van der Waals surface area (Å²) >= 11 is 6.15. The molecule has 1 aliphatic rings. The summed E-state index contributed by atoms with van der Waals surface area (Å²) in [6.07, 6.45) is -0.541. The molecule has 1 heterocycles. The second kappa shape index (κ2) is 7.25. The largest absolute Gasteiger partial charge is 0.455 e. The summed E-state index contributed by atoms with van der Waals surface area (Å²) < 4.78 is 11.2. The first-order valence-electron chi connectivity index (χ1n) is 8.48. The van der Waals surface area contributed by atoms with E-state index in [4.69, 9.17) is 21.1 Å². The van der Waals surface area contributed by atoms with Crippen molar-refractivity contribution >= 4 is 23.4 Å². The fourth-order valence-corrected chi connectivity index (χ4v) is 3.26. The zero-order chi connectivity index (χ0) is 18.8. The van der Waals surface area contributed by atoms with Crippen LogP contribution in [0.25, 0.3) is 0 Å². The molecule has 0 bridgehead atoms. The Bertz CT molecular complexity index is 1030. The maximum absolute atomic E-state index is 12.9. The van der Waals surface area contributed by atoms with Crippen molar-refractivity contribution in [1.82, 2.24) is 0 Å². The topological polar surface area (TPSA) is 52.6 Å². The first kappa shape index (κ1) is 17.3. The molecule has 4 nitrogen and oxygen atoms in total. The van der Waals surface area contributed by atoms with Crippen molar-refractivity contribution in [1.29, 1.82) is 0 Å². The zero-order valence-corrected chi connectivity index (χ0v) is 15.0. The minimum atomic E-state index is -0.588. The number of rotatable bonds is 5. The van der Waals surface area contributed by atoms with Gasteiger partial charge in [0.15, 0.2) is 5.78 Å². The number of hydrogen-bond acceptors (Lipinski definition) is 4. The van der Waals surface area contributed by atoms with Gasteiger partial charge < -0.3 is 9.47 Å². The van der Waals surface area contributed by atoms with Crippen molar-refractivity contribution < 1.29 is 19.1 Å². The number of carbonyl (C=O) groups excluding carboxylic acids is 2. The number of Topliss-reactive ketones (excluding diaryl/α,β-unsaturated/α-hetero) is 1. The predicted molar refractivity (Wildman–Crippen MR) is 102 cm³/mol. The van der Waals surface area contributed by atoms with Crippen LogP contribution in [-0.4, -0.2) is 11.8 Å². The van der Waals surface area contributed by atoms with E-state index in [0.717, 1.165) is 5.56 Å². The molecule has 0 aromatic heterocycles. The van der Waals surface area contributed by atoms with Crippen LogP contribution in [0.15, 0.2) is 72.8 Å². The van der Waals surface area contributed by atoms with Crippen molar-refractivity contribution in [3.63, 3.8) is 0 Å². The predicted octanol–water partition coefficient (Wildman–Crippen LogP) is 5.62. The highest BCUT2D eigenvalue weighted by atomic mass is 35.5. The Morgan fingerprint density at radius 1 is 0.926 bits per heavy atom. The van der Waals surface area contributed by atoms with E-state index >= 15 is 0 Å². The first-order valence-corrected chi connectivity index (χ1v) is 8.86. The zero-order valence-electron chi connectivity index (χ0n) is 14.2. The number of ketones is 1. The van der Waals surface area contributed by atoms with Crippen LogP contribution in [0.5, 0.6) is 11.5 Å². The molecule has 134 valence electrons. The van der Waals surface area contributed by atoms with E-state index < -0.39 is 12.1 Å². The normalized spacial score (nSPS) is 15.1. The summed E-state index contributed by atoms with van der Waals surface area (Å²) in [6.45, 7) is 0. The molecule has 0 amide bonds. The molecule has 0 aliphatic carbocycles. The van der Waals surface area contributed by atoms with Crippen LogP contribution in [0.4, 0.5) is 0 Å². The molecular weight excluding hydrogens is 364 g/mol. The summed E-state index contributed by atoms with van der Waals surface area (Å²) in [7, 11) is 0. The second-order valence-corrected chi connectivity index (χ2v) is 6.54. The minimum absolute atomic E-state index is 0.0473. The van der Waals surface area contributed by atoms with Crippen LogP contribution in [0, 0.1) is 0 Å². The lowest BCUT2D eigenvalue weighted by Gasteiger charge is -2.14. The molecule has 0 fully saturated rings. The minimum Gasteiger partial charge on any atom is -0.455 e. The summed E-state index contributed by atoms with van der Waals surface area (Å²) in [5.74, 6) is 0.307. The van der Waals surface area contributed by atoms with E-state index in [1.165, 1.54) is 0 Å². The number of para-hydroxylation sites is 2. The average molecular weight is 379 g/mol. The Morgan fingerprint density at radius 2 is 1.59 bits per heavy atom. The third kappa shape index (κ3) is 3.44. The van der Waals surface area contributed by atoms with E-state index in [-0.39, 0.29) is 12.2 Å². The van der Waals surface area contributed by atoms with E-state index in [2.05, 4.69) is 0 Å². The van der Waals surface area contributed by atoms with Crippen molar-refractivity contribution in [2.24, 2.45) is 0 Å². The van der Waals surface area contributed by atoms with Crippen LogP contribution < -0.4 is 4.74 Å². The fourth-order valence-electron chi connectivity index (χ4n) is 3.08. The maximum Gasteiger partial charge on any atom is 0.339 e. The van der Waals surface area contributed by atoms with Crippen LogP contribution in [0.2, 0.25) is 5.02 Å². The number of esters is 1. The first-order chi connectivity index (χ1) is 13.1. The highest BCUT2D eigenvalue weighted by Crippen LogP contribution is 2.36. The summed E-state index contributed by atoms with van der Waals surface area (Å²) in [4.78, 5) is 24.9. The Labute approximate surface area is 161 Å². The van der Waals surface area contributed by atoms with Gasteiger partial charge in [-0.25, -0.2) is 4.79 Å². The number of cyclic esters (lactones) is 1. The molecule has 27 heavy (non-hydrogen) atoms. The van der Waals surface area contributed by atoms with Crippen molar-refractivity contribution in [2.75, 3.05) is 0 Å². The molecule has 0 N–H and O–H groups in total. The standard InChI is InChI=1S/C22H15ClO4/c23-17-10-4-6-12-20(17)26-19-11-5-3-9-16(19)18(24)13-21-14-7-1-2-8-15(14)22(25)27-21/h1-12,21H,13H2. The molecule has 1 atom stereocenters. The number of hydrogen-bond donors (Lipinski definition) is 0. The van der Waals surface area contributed by atoms with Gasteiger partial charge in [0.1, 0.15) is 17.6 Å². The molecular formula is C22H15ClO4. The van der Waals surface area contributed by atoms with Gasteiger partial charge in [0.25, 0.3) is 0 Å². The van der Waals surface area contributed by atoms with Crippen LogP contribution in [0.1, 0.15) is 38.8 Å². The molecule has 4 rings (SSSR count). The van der Waals surface area contributed by atoms with Gasteiger partial charge in [0.05, 0.1) is 22.6 Å². The number of fused-ring (bicyclic) bond motifs is 1. The molecule has 0 spiro atoms. The van der Waals surface area contributed by atoms with Gasteiger partial charge in [0, 0.05) is 5.56 Å². The molecule has 0 saturated carbocycles. The summed E-state index contributed by atoms with van der Waals surface area (Å²) in [6, 6.07) is 21.1. The third-order valence-corrected chi connectivity index (χ3v) is 4.70. The monoisotopic (exact) mass is 378 g/mol. The molecule has 3 aromatic rings. The van der Waals surface area contributed by atoms with Gasteiger partial charge in [-0.3, -0.25) is 4.79 Å². The molecule has 0 radical (unpaired) electrons. The van der Waals surface area contributed by atoms with E-state index in [0.29, 0.717) is 27.6 Å². The number of carbonyl (C=O) groups is 2. The molecule has 3 aromatic carbocycles. The van der Waals surface area contributed by atoms with Gasteiger partial charge in [-0.05, 0) is 30.3 Å². The van der Waals surface area contributed by atoms with E-state index in [9.17, 15) is 9.59 Å². The average Bonchev–Trinajstić information content (AvgIpc) is 3.00. The molecule has 0 saturated heterocycles. The van der Waals surface area contributed by atoms with Gasteiger partial charge in [-0.1, -0.05) is 54.1 Å². The SMILES string of the molecule is O=C(CC1OC(=O)c2ccccc21)c1ccccc1Oc1ccccc1Cl. The third-order valence-electron chi connectivity index (χ3n) is 4.39. The van der Waals surface area contributed by atoms with Crippen LogP contribution in [-0.2, 0) is 4.74 Å². The second-order valence-electron chi connectivity index (χ2n) is 6.14. The maximum atomic E-state index is 12.9. The molecule has 5 heteroatoms. The lowest BCUT2D eigenvalue weighted by Crippen LogP contribution is -2.09. The quantitative estimate of drug-likeness (QED) is 0.427. The number of benzene rings is 3. The van der Waals surface area contributed by atoms with Crippen molar-refractivity contribution in [2.45, 2.75) is 12.5 Å². The summed E-state index contributed by atoms with van der Waals surface area (Å²) in [5, 5.41) is 0.457. The number of ether oxygens (including phenoxy) is 2. The fraction of sp³-hybridized carbons (Fsp3) is 0.0909. The van der Waals surface area contributed by atoms with Gasteiger partial charge >= 0.3 is 5.97 Å². The van der Waals surface area contributed by atoms with E-state index in [1.807, 2.05) is 12.1 Å². The Morgan fingerprint density at radius 3 is 2.41 bits per heavy atom. The Hall–Kier alpha value is -3.11. The van der Waals surface area contributed by atoms with Crippen molar-refractivity contribution in [3.8, 4) is 11.5 Å². The Kier molecular flexibility index (Phi) is 4.65. The van der Waals surface area contributed by atoms with Crippen molar-refractivity contribution in [3.05, 3.63) is 94.5 Å². The number of halogens is 1. The van der Waals surface area contributed by atoms with Crippen LogP contribution in [0.3, 0.4) is 0 Å². The summed E-state index contributed by atoms with van der Waals surface area (Å²) in [5.41, 5.74) is 1.66. The smallest absolute Gasteiger partial charge is 0.339 e. The molecule has 1 aliphatic heterocycles. The highest BCUT2D eigenvalue weighted by Gasteiger charge is 2.32. The lowest BCUT2D eigenvalue weighted by molar-refractivity contribution is 0.0367. The van der Waals surface area contributed by atoms with E-state index in [1.54, 1.807) is 60.7 Å². The van der Waals surface area contributed by atoms with Gasteiger partial charge in [-0.15, -0.1) is 0 Å². The van der Waals surface area contributed by atoms with Gasteiger partial charge in [0.2, 0.25) is 0 Å². The Balaban J connectivity index is 1.59. The molecule has 1 unspecified atom stereocenters. The van der Waals surface area contributed by atoms with Crippen LogP contribution >= 0.6 is 11.6 Å². The van der Waals surface area contributed by atoms with Gasteiger partial charge in [-0.2, -0.15) is 0 Å². The highest BCUT2D eigenvalue weighted by molar-refractivity contribution is 6.32.